The molecule has 0 aromatic carbocycles. The summed E-state index contributed by atoms with van der Waals surface area (Å²) >= 11 is 0. The number of anilines is 2. The van der Waals surface area contributed by atoms with Gasteiger partial charge in [0.1, 0.15) is 18.0 Å². The number of hydrogen-bond donors (Lipinski definition) is 3. The average Bonchev–Trinajstić information content (AvgIpc) is 2.40. The Morgan fingerprint density at radius 2 is 1.84 bits per heavy atom. The van der Waals surface area contributed by atoms with Crippen molar-refractivity contribution in [3.8, 4) is 0 Å². The van der Waals surface area contributed by atoms with Crippen LogP contribution in [-0.2, 0) is 0 Å². The van der Waals surface area contributed by atoms with Crippen LogP contribution in [0.3, 0.4) is 0 Å². The molecular formula is C14H26N4O. The van der Waals surface area contributed by atoms with Crippen molar-refractivity contribution in [2.75, 3.05) is 30.3 Å². The zero-order valence-corrected chi connectivity index (χ0v) is 12.2. The Morgan fingerprint density at radius 1 is 1.16 bits per heavy atom. The highest BCUT2D eigenvalue weighted by atomic mass is 16.3. The first-order chi connectivity index (χ1) is 9.22. The smallest absolute Gasteiger partial charge is 0.134 e. The molecule has 0 spiro atoms. The number of aliphatic hydroxyl groups excluding tert-OH is 1. The van der Waals surface area contributed by atoms with Gasteiger partial charge in [0.25, 0.3) is 0 Å². The lowest BCUT2D eigenvalue weighted by atomic mass is 10.0. The van der Waals surface area contributed by atoms with Crippen LogP contribution in [0.25, 0.3) is 0 Å². The van der Waals surface area contributed by atoms with Gasteiger partial charge in [-0.25, -0.2) is 9.97 Å². The Labute approximate surface area is 115 Å². The van der Waals surface area contributed by atoms with E-state index in [9.17, 15) is 0 Å². The summed E-state index contributed by atoms with van der Waals surface area (Å²) in [5.41, 5.74) is 1.04. The van der Waals surface area contributed by atoms with E-state index in [0.717, 1.165) is 49.6 Å². The zero-order valence-electron chi connectivity index (χ0n) is 12.2. The van der Waals surface area contributed by atoms with Crippen molar-refractivity contribution in [2.24, 2.45) is 5.92 Å². The van der Waals surface area contributed by atoms with Crippen LogP contribution in [0.5, 0.6) is 0 Å². The fraction of sp³-hybridized carbons (Fsp3) is 0.714. The van der Waals surface area contributed by atoms with Gasteiger partial charge >= 0.3 is 0 Å². The van der Waals surface area contributed by atoms with Crippen LogP contribution in [0.4, 0.5) is 11.6 Å². The number of nitrogens with zero attached hydrogens (tertiary/aromatic N) is 2. The molecule has 0 fully saturated rings. The minimum absolute atomic E-state index is 0.248. The van der Waals surface area contributed by atoms with Crippen LogP contribution in [-0.4, -0.2) is 34.8 Å². The predicted octanol–water partition coefficient (Wildman–Crippen LogP) is 2.43. The van der Waals surface area contributed by atoms with E-state index in [1.54, 1.807) is 6.33 Å². The highest BCUT2D eigenvalue weighted by Crippen LogP contribution is 2.19. The molecule has 0 bridgehead atoms. The number of hydrogen-bond acceptors (Lipinski definition) is 5. The van der Waals surface area contributed by atoms with Gasteiger partial charge in [-0.3, -0.25) is 0 Å². The fourth-order valence-electron chi connectivity index (χ4n) is 2.15. The van der Waals surface area contributed by atoms with Crippen molar-refractivity contribution in [3.63, 3.8) is 0 Å². The molecule has 3 N–H and O–H groups in total. The van der Waals surface area contributed by atoms with E-state index >= 15 is 0 Å². The predicted molar refractivity (Wildman–Crippen MR) is 79.5 cm³/mol. The van der Waals surface area contributed by atoms with Crippen molar-refractivity contribution in [1.82, 2.24) is 9.97 Å². The van der Waals surface area contributed by atoms with Crippen molar-refractivity contribution in [2.45, 2.75) is 40.0 Å². The number of rotatable bonds is 9. The van der Waals surface area contributed by atoms with Crippen molar-refractivity contribution < 1.29 is 5.11 Å². The molecule has 0 radical (unpaired) electrons. The van der Waals surface area contributed by atoms with Crippen molar-refractivity contribution in [1.29, 1.82) is 0 Å². The van der Waals surface area contributed by atoms with E-state index in [-0.39, 0.29) is 6.61 Å². The second kappa shape index (κ2) is 8.69. The lowest BCUT2D eigenvalue weighted by Crippen LogP contribution is -2.17. The van der Waals surface area contributed by atoms with Crippen molar-refractivity contribution in [3.05, 3.63) is 11.9 Å². The van der Waals surface area contributed by atoms with E-state index in [1.165, 1.54) is 0 Å². The Kier molecular flexibility index (Phi) is 7.18. The maximum atomic E-state index is 9.07. The Hall–Kier alpha value is -1.36. The Morgan fingerprint density at radius 3 is 2.42 bits per heavy atom. The molecule has 0 aliphatic carbocycles. The van der Waals surface area contributed by atoms with Gasteiger partial charge in [0, 0.05) is 25.3 Å². The number of nitrogens with one attached hydrogen (secondary N) is 2. The third kappa shape index (κ3) is 5.03. The molecule has 0 saturated heterocycles. The largest absolute Gasteiger partial charge is 0.396 e. The SMILES string of the molecule is CCCC(CCO)CNc1ncnc(NCC)c1C. The second-order valence-corrected chi connectivity index (χ2v) is 4.77. The van der Waals surface area contributed by atoms with Gasteiger partial charge in [0.05, 0.1) is 0 Å². The van der Waals surface area contributed by atoms with Crippen LogP contribution in [0, 0.1) is 12.8 Å². The molecule has 1 aromatic rings. The van der Waals surface area contributed by atoms with Gasteiger partial charge in [0.2, 0.25) is 0 Å². The number of aromatic nitrogens is 2. The van der Waals surface area contributed by atoms with Crippen LogP contribution in [0.1, 0.15) is 38.7 Å². The summed E-state index contributed by atoms with van der Waals surface area (Å²) in [4.78, 5) is 8.51. The molecule has 0 aliphatic rings. The molecule has 108 valence electrons. The van der Waals surface area contributed by atoms with E-state index in [4.69, 9.17) is 5.11 Å². The molecule has 5 heteroatoms. The van der Waals surface area contributed by atoms with Crippen LogP contribution < -0.4 is 10.6 Å². The summed E-state index contributed by atoms with van der Waals surface area (Å²) in [5, 5.41) is 15.7. The van der Waals surface area contributed by atoms with Gasteiger partial charge in [-0.05, 0) is 32.6 Å². The van der Waals surface area contributed by atoms with E-state index < -0.39 is 0 Å². The van der Waals surface area contributed by atoms with Gasteiger partial charge in [-0.2, -0.15) is 0 Å². The van der Waals surface area contributed by atoms with E-state index in [1.807, 2.05) is 13.8 Å². The maximum absolute atomic E-state index is 9.07. The monoisotopic (exact) mass is 266 g/mol. The first-order valence-corrected chi connectivity index (χ1v) is 7.13. The molecule has 5 nitrogen and oxygen atoms in total. The van der Waals surface area contributed by atoms with E-state index in [0.29, 0.717) is 5.92 Å². The Balaban J connectivity index is 2.63. The molecule has 1 atom stereocenters. The molecule has 1 unspecified atom stereocenters. The van der Waals surface area contributed by atoms with Gasteiger partial charge in [-0.1, -0.05) is 13.3 Å². The average molecular weight is 266 g/mol. The highest BCUT2D eigenvalue weighted by molar-refractivity contribution is 5.56. The van der Waals surface area contributed by atoms with Gasteiger partial charge < -0.3 is 15.7 Å². The molecule has 1 heterocycles. The molecule has 0 amide bonds. The molecule has 0 saturated carbocycles. The third-order valence-electron chi connectivity index (χ3n) is 3.22. The lowest BCUT2D eigenvalue weighted by Gasteiger charge is -2.17. The normalized spacial score (nSPS) is 12.2. The zero-order chi connectivity index (χ0) is 14.1. The van der Waals surface area contributed by atoms with Gasteiger partial charge in [0.15, 0.2) is 0 Å². The third-order valence-corrected chi connectivity index (χ3v) is 3.22. The van der Waals surface area contributed by atoms with Crippen LogP contribution in [0.15, 0.2) is 6.33 Å². The summed E-state index contributed by atoms with van der Waals surface area (Å²) in [6, 6.07) is 0. The van der Waals surface area contributed by atoms with E-state index in [2.05, 4.69) is 27.5 Å². The summed E-state index contributed by atoms with van der Waals surface area (Å²) in [5.74, 6) is 2.26. The summed E-state index contributed by atoms with van der Waals surface area (Å²) in [7, 11) is 0. The minimum Gasteiger partial charge on any atom is -0.396 e. The van der Waals surface area contributed by atoms with Crippen LogP contribution >= 0.6 is 0 Å². The molecule has 1 rings (SSSR count). The molecule has 0 aliphatic heterocycles. The first kappa shape index (κ1) is 15.7. The second-order valence-electron chi connectivity index (χ2n) is 4.77. The summed E-state index contributed by atoms with van der Waals surface area (Å²) in [6.45, 7) is 8.17. The summed E-state index contributed by atoms with van der Waals surface area (Å²) < 4.78 is 0. The fourth-order valence-corrected chi connectivity index (χ4v) is 2.15. The first-order valence-electron chi connectivity index (χ1n) is 7.13. The summed E-state index contributed by atoms with van der Waals surface area (Å²) in [6.07, 6.45) is 4.68. The van der Waals surface area contributed by atoms with Crippen molar-refractivity contribution >= 4 is 11.6 Å². The minimum atomic E-state index is 0.248. The standard InChI is InChI=1S/C14H26N4O/c1-4-6-12(7-8-19)9-16-14-11(3)13(15-5-2)17-10-18-14/h10,12,19H,4-9H2,1-3H3,(H2,15,16,17,18). The quantitative estimate of drug-likeness (QED) is 0.640. The maximum Gasteiger partial charge on any atom is 0.134 e. The van der Waals surface area contributed by atoms with Gasteiger partial charge in [-0.15, -0.1) is 0 Å². The molecular weight excluding hydrogens is 240 g/mol. The molecule has 1 aromatic heterocycles. The Bertz CT molecular complexity index is 364. The lowest BCUT2D eigenvalue weighted by molar-refractivity contribution is 0.255. The number of aliphatic hydroxyl groups is 1. The van der Waals surface area contributed by atoms with Crippen LogP contribution in [0.2, 0.25) is 0 Å². The molecule has 19 heavy (non-hydrogen) atoms. The highest BCUT2D eigenvalue weighted by Gasteiger charge is 2.10. The topological polar surface area (TPSA) is 70.1 Å².